The van der Waals surface area contributed by atoms with Crippen molar-refractivity contribution < 1.29 is 14.3 Å². The van der Waals surface area contributed by atoms with Crippen molar-refractivity contribution in [3.05, 3.63) is 30.3 Å². The van der Waals surface area contributed by atoms with E-state index in [4.69, 9.17) is 4.74 Å². The van der Waals surface area contributed by atoms with E-state index >= 15 is 0 Å². The number of ether oxygens (including phenoxy) is 1. The van der Waals surface area contributed by atoms with E-state index in [2.05, 4.69) is 32.2 Å². The number of aliphatic imine (C=N–C) groups is 1. The third-order valence-corrected chi connectivity index (χ3v) is 5.69. The van der Waals surface area contributed by atoms with Crippen LogP contribution in [0.2, 0.25) is 0 Å². The molecular formula is C21H32IN5O3. The summed E-state index contributed by atoms with van der Waals surface area (Å²) in [5.41, 5.74) is 1.20. The molecule has 1 N–H and O–H groups in total. The van der Waals surface area contributed by atoms with Crippen LogP contribution in [0.4, 0.5) is 5.69 Å². The van der Waals surface area contributed by atoms with E-state index in [0.717, 1.165) is 52.1 Å². The molecule has 9 heteroatoms. The van der Waals surface area contributed by atoms with E-state index in [1.807, 2.05) is 23.1 Å². The van der Waals surface area contributed by atoms with Crippen molar-refractivity contribution in [2.45, 2.75) is 12.8 Å². The number of amides is 1. The lowest BCUT2D eigenvalue weighted by molar-refractivity contribution is -0.146. The standard InChI is InChI=1S/C21H31N5O3.HI/c1-22-21(26-10-8-17(9-11-26)20(28)29-2)23-16-19(27)25-14-12-24(13-15-25)18-6-4-3-5-7-18;/h3-7,17H,8-16H2,1-2H3,(H,22,23);1H. The average Bonchev–Trinajstić information content (AvgIpc) is 2.80. The number of likely N-dealkylation sites (tertiary alicyclic amines) is 1. The molecule has 3 rings (SSSR count). The summed E-state index contributed by atoms with van der Waals surface area (Å²) in [6.07, 6.45) is 1.48. The highest BCUT2D eigenvalue weighted by atomic mass is 127. The Labute approximate surface area is 195 Å². The van der Waals surface area contributed by atoms with Crippen LogP contribution in [0.3, 0.4) is 0 Å². The second-order valence-corrected chi connectivity index (χ2v) is 7.39. The number of piperazine rings is 1. The monoisotopic (exact) mass is 529 g/mol. The minimum absolute atomic E-state index is 0. The number of rotatable bonds is 4. The lowest BCUT2D eigenvalue weighted by Crippen LogP contribution is -2.53. The highest BCUT2D eigenvalue weighted by Crippen LogP contribution is 2.18. The molecule has 0 radical (unpaired) electrons. The fraction of sp³-hybridized carbons (Fsp3) is 0.571. The van der Waals surface area contributed by atoms with Crippen LogP contribution in [-0.2, 0) is 14.3 Å². The van der Waals surface area contributed by atoms with Crippen molar-refractivity contribution in [2.24, 2.45) is 10.9 Å². The summed E-state index contributed by atoms with van der Waals surface area (Å²) >= 11 is 0. The van der Waals surface area contributed by atoms with E-state index in [0.29, 0.717) is 5.96 Å². The third kappa shape index (κ3) is 6.23. The molecule has 8 nitrogen and oxygen atoms in total. The molecule has 0 aromatic heterocycles. The van der Waals surface area contributed by atoms with Crippen LogP contribution in [0.5, 0.6) is 0 Å². The van der Waals surface area contributed by atoms with Gasteiger partial charge in [0.15, 0.2) is 5.96 Å². The number of hydrogen-bond donors (Lipinski definition) is 1. The fourth-order valence-electron chi connectivity index (χ4n) is 3.95. The number of carbonyl (C=O) groups excluding carboxylic acids is 2. The van der Waals surface area contributed by atoms with Crippen LogP contribution >= 0.6 is 24.0 Å². The van der Waals surface area contributed by atoms with Gasteiger partial charge in [-0.05, 0) is 25.0 Å². The number of carbonyl (C=O) groups is 2. The molecule has 0 spiro atoms. The number of hydrogen-bond acceptors (Lipinski definition) is 5. The van der Waals surface area contributed by atoms with E-state index in [1.54, 1.807) is 7.05 Å². The van der Waals surface area contributed by atoms with Crippen LogP contribution in [-0.4, -0.2) is 87.6 Å². The van der Waals surface area contributed by atoms with Crippen molar-refractivity contribution in [3.63, 3.8) is 0 Å². The predicted molar refractivity (Wildman–Crippen MR) is 128 cm³/mol. The summed E-state index contributed by atoms with van der Waals surface area (Å²) in [6.45, 7) is 4.80. The van der Waals surface area contributed by atoms with E-state index in [-0.39, 0.29) is 48.3 Å². The van der Waals surface area contributed by atoms with Gasteiger partial charge in [0, 0.05) is 52.0 Å². The maximum absolute atomic E-state index is 12.6. The second-order valence-electron chi connectivity index (χ2n) is 7.39. The summed E-state index contributed by atoms with van der Waals surface area (Å²) < 4.78 is 4.84. The SMILES string of the molecule is CN=C(NCC(=O)N1CCN(c2ccccc2)CC1)N1CCC(C(=O)OC)CC1.I. The number of para-hydroxylation sites is 1. The Morgan fingerprint density at radius 1 is 1.03 bits per heavy atom. The lowest BCUT2D eigenvalue weighted by Gasteiger charge is -2.37. The molecule has 2 heterocycles. The Hall–Kier alpha value is -2.04. The number of esters is 1. The second kappa shape index (κ2) is 12.0. The molecular weight excluding hydrogens is 497 g/mol. The van der Waals surface area contributed by atoms with Gasteiger partial charge in [-0.15, -0.1) is 24.0 Å². The zero-order valence-corrected chi connectivity index (χ0v) is 20.1. The molecule has 0 unspecified atom stereocenters. The topological polar surface area (TPSA) is 77.5 Å². The van der Waals surface area contributed by atoms with Crippen LogP contribution in [0, 0.1) is 5.92 Å². The first kappa shape index (κ1) is 24.2. The van der Waals surface area contributed by atoms with E-state index in [1.165, 1.54) is 12.8 Å². The first-order chi connectivity index (χ1) is 14.1. The van der Waals surface area contributed by atoms with Crippen LogP contribution in [0.15, 0.2) is 35.3 Å². The van der Waals surface area contributed by atoms with Crippen molar-refractivity contribution in [1.29, 1.82) is 0 Å². The van der Waals surface area contributed by atoms with Gasteiger partial charge >= 0.3 is 5.97 Å². The molecule has 1 aromatic carbocycles. The zero-order valence-electron chi connectivity index (χ0n) is 17.7. The molecule has 2 fully saturated rings. The number of guanidine groups is 1. The summed E-state index contributed by atoms with van der Waals surface area (Å²) in [5, 5.41) is 3.19. The molecule has 2 saturated heterocycles. The van der Waals surface area contributed by atoms with Gasteiger partial charge in [-0.3, -0.25) is 14.6 Å². The van der Waals surface area contributed by atoms with Crippen molar-refractivity contribution in [1.82, 2.24) is 15.1 Å². The Balaban J connectivity index is 0.00000320. The summed E-state index contributed by atoms with van der Waals surface area (Å²) in [6, 6.07) is 10.3. The maximum atomic E-state index is 12.6. The molecule has 1 amide bonds. The Bertz CT molecular complexity index is 715. The molecule has 0 saturated carbocycles. The number of methoxy groups -OCH3 is 1. The number of halogens is 1. The molecule has 2 aliphatic rings. The Kier molecular flexibility index (Phi) is 9.67. The lowest BCUT2D eigenvalue weighted by atomic mass is 9.97. The van der Waals surface area contributed by atoms with E-state index in [9.17, 15) is 9.59 Å². The molecule has 0 bridgehead atoms. The molecule has 2 aliphatic heterocycles. The molecule has 30 heavy (non-hydrogen) atoms. The Morgan fingerprint density at radius 3 is 2.23 bits per heavy atom. The predicted octanol–water partition coefficient (Wildman–Crippen LogP) is 1.41. The Morgan fingerprint density at radius 2 is 1.67 bits per heavy atom. The summed E-state index contributed by atoms with van der Waals surface area (Å²) in [4.78, 5) is 34.9. The zero-order chi connectivity index (χ0) is 20.6. The van der Waals surface area contributed by atoms with Crippen LogP contribution in [0.1, 0.15) is 12.8 Å². The van der Waals surface area contributed by atoms with Crippen LogP contribution in [0.25, 0.3) is 0 Å². The minimum atomic E-state index is -0.141. The van der Waals surface area contributed by atoms with Gasteiger partial charge in [0.05, 0.1) is 19.6 Å². The number of nitrogens with one attached hydrogen (secondary N) is 1. The average molecular weight is 529 g/mol. The normalized spacial score (nSPS) is 17.9. The fourth-order valence-corrected chi connectivity index (χ4v) is 3.95. The van der Waals surface area contributed by atoms with Gasteiger partial charge in [0.1, 0.15) is 0 Å². The first-order valence-electron chi connectivity index (χ1n) is 10.2. The minimum Gasteiger partial charge on any atom is -0.469 e. The van der Waals surface area contributed by atoms with Gasteiger partial charge in [0.2, 0.25) is 5.91 Å². The van der Waals surface area contributed by atoms with Gasteiger partial charge in [-0.2, -0.15) is 0 Å². The highest BCUT2D eigenvalue weighted by Gasteiger charge is 2.27. The largest absolute Gasteiger partial charge is 0.469 e. The number of anilines is 1. The van der Waals surface area contributed by atoms with Gasteiger partial charge in [0.25, 0.3) is 0 Å². The quantitative estimate of drug-likeness (QED) is 0.275. The van der Waals surface area contributed by atoms with Gasteiger partial charge in [-0.25, -0.2) is 0 Å². The highest BCUT2D eigenvalue weighted by molar-refractivity contribution is 14.0. The molecule has 1 aromatic rings. The summed E-state index contributed by atoms with van der Waals surface area (Å²) in [7, 11) is 3.15. The number of nitrogens with zero attached hydrogens (tertiary/aromatic N) is 4. The first-order valence-corrected chi connectivity index (χ1v) is 10.2. The number of benzene rings is 1. The smallest absolute Gasteiger partial charge is 0.308 e. The molecule has 0 aliphatic carbocycles. The number of piperidine rings is 1. The molecule has 0 atom stereocenters. The van der Waals surface area contributed by atoms with Crippen LogP contribution < -0.4 is 10.2 Å². The van der Waals surface area contributed by atoms with Crippen molar-refractivity contribution in [3.8, 4) is 0 Å². The maximum Gasteiger partial charge on any atom is 0.308 e. The van der Waals surface area contributed by atoms with Gasteiger partial charge < -0.3 is 24.8 Å². The molecule has 166 valence electrons. The third-order valence-electron chi connectivity index (χ3n) is 5.69. The summed E-state index contributed by atoms with van der Waals surface area (Å²) in [5.74, 6) is 0.613. The van der Waals surface area contributed by atoms with E-state index < -0.39 is 0 Å². The van der Waals surface area contributed by atoms with Crippen molar-refractivity contribution in [2.75, 3.05) is 64.9 Å². The van der Waals surface area contributed by atoms with Crippen molar-refractivity contribution >= 4 is 47.5 Å². The van der Waals surface area contributed by atoms with Gasteiger partial charge in [-0.1, -0.05) is 18.2 Å².